The maximum Gasteiger partial charge on any atom is 0.471 e. The predicted molar refractivity (Wildman–Crippen MR) is 78.9 cm³/mol. The summed E-state index contributed by atoms with van der Waals surface area (Å²) in [5.74, 6) is -1.96. The Labute approximate surface area is 132 Å². The minimum Gasteiger partial charge on any atom is -0.506 e. The molecule has 2 bridgehead atoms. The average molecular weight is 328 g/mol. The van der Waals surface area contributed by atoms with Crippen LogP contribution in [-0.2, 0) is 16.6 Å². The van der Waals surface area contributed by atoms with Crippen LogP contribution in [0, 0.1) is 5.92 Å². The Hall–Kier alpha value is -1.92. The van der Waals surface area contributed by atoms with Crippen molar-refractivity contribution in [2.75, 3.05) is 12.3 Å². The molecule has 1 saturated heterocycles. The molecule has 0 radical (unpaired) electrons. The number of anilines is 1. The summed E-state index contributed by atoms with van der Waals surface area (Å²) in [6.45, 7) is 3.85. The first-order valence-electron chi connectivity index (χ1n) is 7.56. The zero-order valence-corrected chi connectivity index (χ0v) is 12.9. The number of carbonyl (C=O) groups is 1. The number of benzene rings is 1. The largest absolute Gasteiger partial charge is 0.506 e. The van der Waals surface area contributed by atoms with Crippen molar-refractivity contribution >= 4 is 11.6 Å². The minimum atomic E-state index is -4.86. The number of aromatic hydroxyl groups is 1. The number of carbonyl (C=O) groups excluding carboxylic acids is 1. The van der Waals surface area contributed by atoms with Gasteiger partial charge in [0.25, 0.3) is 0 Å². The van der Waals surface area contributed by atoms with Crippen molar-refractivity contribution in [1.82, 2.24) is 4.90 Å². The van der Waals surface area contributed by atoms with E-state index in [1.165, 1.54) is 6.07 Å². The Balaban J connectivity index is 2.08. The lowest BCUT2D eigenvalue weighted by atomic mass is 9.58. The molecule has 7 heteroatoms. The summed E-state index contributed by atoms with van der Waals surface area (Å²) in [7, 11) is 0. The molecule has 3 N–H and O–H groups in total. The molecule has 1 aliphatic carbocycles. The van der Waals surface area contributed by atoms with Crippen LogP contribution in [-0.4, -0.2) is 34.7 Å². The zero-order chi connectivity index (χ0) is 17.2. The number of rotatable bonds is 0. The summed E-state index contributed by atoms with van der Waals surface area (Å²) in [6.07, 6.45) is -4.16. The summed E-state index contributed by atoms with van der Waals surface area (Å²) in [4.78, 5) is 12.7. The van der Waals surface area contributed by atoms with Crippen molar-refractivity contribution in [3.05, 3.63) is 23.3 Å². The maximum atomic E-state index is 12.8. The van der Waals surface area contributed by atoms with Crippen molar-refractivity contribution in [3.63, 3.8) is 0 Å². The Morgan fingerprint density at radius 2 is 2.09 bits per heavy atom. The number of hydrogen-bond donors (Lipinski definition) is 2. The van der Waals surface area contributed by atoms with Gasteiger partial charge in [0, 0.05) is 18.0 Å². The molecule has 126 valence electrons. The summed E-state index contributed by atoms with van der Waals surface area (Å²) in [6, 6.07) is 2.64. The first-order chi connectivity index (χ1) is 10.6. The standard InChI is InChI=1S/C16H19F3N2O2/c1-8-10-7-9-3-4-11(22)13(20)12(9)15(8,2)5-6-21(10)14(23)16(17,18)19/h3-4,8,10,22H,5-7,20H2,1-2H3/t8?,10-,15-/m1/s1. The molecule has 2 aliphatic rings. The molecule has 1 unspecified atom stereocenters. The highest BCUT2D eigenvalue weighted by Crippen LogP contribution is 2.52. The number of fused-ring (bicyclic) bond motifs is 4. The van der Waals surface area contributed by atoms with Crippen LogP contribution in [0.3, 0.4) is 0 Å². The van der Waals surface area contributed by atoms with Crippen LogP contribution in [0.5, 0.6) is 5.75 Å². The van der Waals surface area contributed by atoms with Gasteiger partial charge in [-0.3, -0.25) is 4.79 Å². The first kappa shape index (κ1) is 16.0. The summed E-state index contributed by atoms with van der Waals surface area (Å²) in [5.41, 5.74) is 7.51. The van der Waals surface area contributed by atoms with Crippen LogP contribution in [0.15, 0.2) is 12.1 Å². The number of phenolic OH excluding ortho intramolecular Hbond substituents is 1. The van der Waals surface area contributed by atoms with E-state index in [0.717, 1.165) is 16.0 Å². The summed E-state index contributed by atoms with van der Waals surface area (Å²) < 4.78 is 38.5. The SMILES string of the molecule is CC1[C@H]2Cc3ccc(O)c(N)c3[C@]1(C)CCN2C(=O)C(F)(F)F. The number of halogens is 3. The van der Waals surface area contributed by atoms with E-state index in [1.54, 1.807) is 6.07 Å². The van der Waals surface area contributed by atoms with Gasteiger partial charge in [0.15, 0.2) is 0 Å². The van der Waals surface area contributed by atoms with Gasteiger partial charge in [0.05, 0.1) is 5.69 Å². The number of alkyl halides is 3. The monoisotopic (exact) mass is 328 g/mol. The second-order valence-corrected chi connectivity index (χ2v) is 6.76. The van der Waals surface area contributed by atoms with Gasteiger partial charge in [-0.2, -0.15) is 13.2 Å². The van der Waals surface area contributed by atoms with Gasteiger partial charge in [-0.25, -0.2) is 0 Å². The van der Waals surface area contributed by atoms with Gasteiger partial charge in [0.2, 0.25) is 0 Å². The smallest absolute Gasteiger partial charge is 0.471 e. The quantitative estimate of drug-likeness (QED) is 0.568. The van der Waals surface area contributed by atoms with Crippen molar-refractivity contribution in [1.29, 1.82) is 0 Å². The molecular weight excluding hydrogens is 309 g/mol. The van der Waals surface area contributed by atoms with E-state index < -0.39 is 23.5 Å². The lowest BCUT2D eigenvalue weighted by Gasteiger charge is -2.54. The van der Waals surface area contributed by atoms with Gasteiger partial charge < -0.3 is 15.7 Å². The van der Waals surface area contributed by atoms with Crippen molar-refractivity contribution in [2.45, 2.75) is 44.3 Å². The third-order valence-corrected chi connectivity index (χ3v) is 5.67. The third-order valence-electron chi connectivity index (χ3n) is 5.67. The van der Waals surface area contributed by atoms with Crippen LogP contribution < -0.4 is 5.73 Å². The van der Waals surface area contributed by atoms with Gasteiger partial charge in [-0.15, -0.1) is 0 Å². The van der Waals surface area contributed by atoms with E-state index in [9.17, 15) is 23.1 Å². The lowest BCUT2D eigenvalue weighted by Crippen LogP contribution is -2.61. The van der Waals surface area contributed by atoms with E-state index in [0.29, 0.717) is 18.5 Å². The predicted octanol–water partition coefficient (Wildman–Crippen LogP) is 2.59. The molecule has 3 rings (SSSR count). The van der Waals surface area contributed by atoms with Crippen molar-refractivity contribution in [2.24, 2.45) is 5.92 Å². The molecule has 0 spiro atoms. The molecule has 1 aliphatic heterocycles. The van der Waals surface area contributed by atoms with E-state index in [2.05, 4.69) is 0 Å². The molecule has 1 fully saturated rings. The highest BCUT2D eigenvalue weighted by molar-refractivity contribution is 5.82. The fourth-order valence-electron chi connectivity index (χ4n) is 4.22. The van der Waals surface area contributed by atoms with Gasteiger partial charge in [0.1, 0.15) is 5.75 Å². The highest BCUT2D eigenvalue weighted by Gasteiger charge is 2.54. The topological polar surface area (TPSA) is 66.6 Å². The van der Waals surface area contributed by atoms with Crippen LogP contribution in [0.25, 0.3) is 0 Å². The van der Waals surface area contributed by atoms with Gasteiger partial charge in [-0.05, 0) is 36.0 Å². The normalized spacial score (nSPS) is 30.0. The second kappa shape index (κ2) is 4.79. The molecule has 0 aromatic heterocycles. The number of phenols is 1. The number of likely N-dealkylation sites (tertiary alicyclic amines) is 1. The first-order valence-corrected chi connectivity index (χ1v) is 7.56. The minimum absolute atomic E-state index is 0.00979. The molecule has 1 aromatic rings. The molecule has 0 saturated carbocycles. The molecule has 4 nitrogen and oxygen atoms in total. The lowest BCUT2D eigenvalue weighted by molar-refractivity contribution is -0.192. The number of nitrogen functional groups attached to an aromatic ring is 1. The molecule has 1 heterocycles. The van der Waals surface area contributed by atoms with Crippen molar-refractivity contribution in [3.8, 4) is 5.75 Å². The molecular formula is C16H19F3N2O2. The fraction of sp³-hybridized carbons (Fsp3) is 0.562. The van der Waals surface area contributed by atoms with Crippen LogP contribution in [0.4, 0.5) is 18.9 Å². The van der Waals surface area contributed by atoms with E-state index in [-0.39, 0.29) is 18.2 Å². The number of hydrogen-bond acceptors (Lipinski definition) is 3. The molecule has 1 aromatic carbocycles. The molecule has 3 atom stereocenters. The number of nitrogens with two attached hydrogens (primary N) is 1. The Kier molecular flexibility index (Phi) is 3.32. The van der Waals surface area contributed by atoms with Crippen LogP contribution >= 0.6 is 0 Å². The van der Waals surface area contributed by atoms with Crippen molar-refractivity contribution < 1.29 is 23.1 Å². The Morgan fingerprint density at radius 3 is 2.70 bits per heavy atom. The number of amides is 1. The highest BCUT2D eigenvalue weighted by atomic mass is 19.4. The molecule has 23 heavy (non-hydrogen) atoms. The third kappa shape index (κ3) is 2.16. The van der Waals surface area contributed by atoms with E-state index >= 15 is 0 Å². The van der Waals surface area contributed by atoms with E-state index in [4.69, 9.17) is 5.73 Å². The number of nitrogens with zero attached hydrogens (tertiary/aromatic N) is 1. The van der Waals surface area contributed by atoms with E-state index in [1.807, 2.05) is 13.8 Å². The maximum absolute atomic E-state index is 12.8. The van der Waals surface area contributed by atoms with Crippen LogP contribution in [0.1, 0.15) is 31.4 Å². The Morgan fingerprint density at radius 1 is 1.43 bits per heavy atom. The summed E-state index contributed by atoms with van der Waals surface area (Å²) >= 11 is 0. The number of piperidine rings is 1. The zero-order valence-electron chi connectivity index (χ0n) is 12.9. The second-order valence-electron chi connectivity index (χ2n) is 6.76. The summed E-state index contributed by atoms with van der Waals surface area (Å²) in [5, 5.41) is 9.88. The molecule has 1 amide bonds. The average Bonchev–Trinajstić information content (AvgIpc) is 2.44. The fourth-order valence-corrected chi connectivity index (χ4v) is 4.22. The van der Waals surface area contributed by atoms with Gasteiger partial charge >= 0.3 is 12.1 Å². The van der Waals surface area contributed by atoms with Crippen LogP contribution in [0.2, 0.25) is 0 Å². The Bertz CT molecular complexity index is 674. The van der Waals surface area contributed by atoms with Gasteiger partial charge in [-0.1, -0.05) is 19.9 Å².